The molecule has 0 radical (unpaired) electrons. The van der Waals surface area contributed by atoms with Crippen LogP contribution in [0.3, 0.4) is 0 Å². The first kappa shape index (κ1) is 17.5. The van der Waals surface area contributed by atoms with Crippen LogP contribution in [0.4, 0.5) is 11.4 Å². The third-order valence-corrected chi connectivity index (χ3v) is 4.90. The van der Waals surface area contributed by atoms with Crippen molar-refractivity contribution in [2.45, 2.75) is 6.92 Å². The van der Waals surface area contributed by atoms with Gasteiger partial charge in [0.25, 0.3) is 5.91 Å². The lowest BCUT2D eigenvalue weighted by Crippen LogP contribution is -2.54. The Kier molecular flexibility index (Phi) is 4.81. The molecule has 8 heteroatoms. The van der Waals surface area contributed by atoms with E-state index in [1.807, 2.05) is 24.3 Å². The lowest BCUT2D eigenvalue weighted by atomic mass is 9.98. The lowest BCUT2D eigenvalue weighted by Gasteiger charge is -2.37. The van der Waals surface area contributed by atoms with Gasteiger partial charge in [-0.1, -0.05) is 5.16 Å². The van der Waals surface area contributed by atoms with Crippen molar-refractivity contribution in [1.82, 2.24) is 10.1 Å². The van der Waals surface area contributed by atoms with Crippen molar-refractivity contribution in [3.63, 3.8) is 0 Å². The summed E-state index contributed by atoms with van der Waals surface area (Å²) in [5.74, 6) is 0.106. The molecule has 27 heavy (non-hydrogen) atoms. The molecule has 2 aliphatic heterocycles. The number of morpholine rings is 1. The van der Waals surface area contributed by atoms with Crippen molar-refractivity contribution in [2.24, 2.45) is 5.92 Å². The van der Waals surface area contributed by atoms with E-state index in [4.69, 9.17) is 9.26 Å². The predicted octanol–water partition coefficient (Wildman–Crippen LogP) is 1.53. The summed E-state index contributed by atoms with van der Waals surface area (Å²) in [5.41, 5.74) is 2.17. The zero-order chi connectivity index (χ0) is 18.8. The first-order valence-electron chi connectivity index (χ1n) is 9.06. The second-order valence-corrected chi connectivity index (χ2v) is 6.87. The highest BCUT2D eigenvalue weighted by Gasteiger charge is 2.37. The molecule has 1 aromatic heterocycles. The van der Waals surface area contributed by atoms with Gasteiger partial charge in [-0.05, 0) is 31.2 Å². The number of rotatable bonds is 4. The fraction of sp³-hybridized carbons (Fsp3) is 0.421. The molecule has 0 bridgehead atoms. The Morgan fingerprint density at radius 2 is 1.85 bits per heavy atom. The molecule has 2 saturated heterocycles. The molecule has 1 N–H and O–H groups in total. The second-order valence-electron chi connectivity index (χ2n) is 6.87. The van der Waals surface area contributed by atoms with E-state index in [1.165, 1.54) is 0 Å². The maximum Gasteiger partial charge on any atom is 0.276 e. The van der Waals surface area contributed by atoms with Gasteiger partial charge < -0.3 is 24.4 Å². The molecule has 1 aromatic carbocycles. The van der Waals surface area contributed by atoms with Crippen LogP contribution in [0.15, 0.2) is 34.9 Å². The summed E-state index contributed by atoms with van der Waals surface area (Å²) in [6.45, 7) is 5.75. The number of hydrogen-bond donors (Lipinski definition) is 1. The van der Waals surface area contributed by atoms with Gasteiger partial charge in [-0.3, -0.25) is 9.59 Å². The fourth-order valence-electron chi connectivity index (χ4n) is 3.26. The number of amides is 2. The van der Waals surface area contributed by atoms with E-state index in [1.54, 1.807) is 17.9 Å². The molecule has 0 aliphatic carbocycles. The van der Waals surface area contributed by atoms with Crippen LogP contribution in [0.2, 0.25) is 0 Å². The Hall–Kier alpha value is -2.87. The number of aromatic nitrogens is 1. The van der Waals surface area contributed by atoms with Gasteiger partial charge in [0.2, 0.25) is 5.91 Å². The number of carbonyl (C=O) groups excluding carboxylic acids is 2. The van der Waals surface area contributed by atoms with Crippen LogP contribution >= 0.6 is 0 Å². The maximum absolute atomic E-state index is 12.4. The normalized spacial score (nSPS) is 17.5. The second kappa shape index (κ2) is 7.40. The molecule has 0 spiro atoms. The molecule has 8 nitrogen and oxygen atoms in total. The summed E-state index contributed by atoms with van der Waals surface area (Å²) < 4.78 is 10.3. The Morgan fingerprint density at radius 1 is 1.15 bits per heavy atom. The molecular formula is C19H22N4O4. The van der Waals surface area contributed by atoms with Crippen LogP contribution in [0, 0.1) is 12.8 Å². The van der Waals surface area contributed by atoms with Gasteiger partial charge in [0.05, 0.1) is 19.1 Å². The number of benzene rings is 1. The van der Waals surface area contributed by atoms with E-state index in [0.29, 0.717) is 18.8 Å². The van der Waals surface area contributed by atoms with Crippen molar-refractivity contribution >= 4 is 23.2 Å². The SMILES string of the molecule is Cc1cc(C(=O)N2CC(C(=O)Nc3ccc(N4CCOCC4)cc3)C2)no1. The smallest absolute Gasteiger partial charge is 0.276 e. The Balaban J connectivity index is 1.28. The standard InChI is InChI=1S/C19H22N4O4/c1-13-10-17(21-27-13)19(25)23-11-14(12-23)18(24)20-15-2-4-16(5-3-15)22-6-8-26-9-7-22/h2-5,10,14H,6-9,11-12H2,1H3,(H,20,24). The summed E-state index contributed by atoms with van der Waals surface area (Å²) in [4.78, 5) is 28.5. The quantitative estimate of drug-likeness (QED) is 0.878. The van der Waals surface area contributed by atoms with E-state index in [0.717, 1.165) is 37.7 Å². The van der Waals surface area contributed by atoms with Gasteiger partial charge in [-0.15, -0.1) is 0 Å². The Labute approximate surface area is 157 Å². The highest BCUT2D eigenvalue weighted by Crippen LogP contribution is 2.22. The van der Waals surface area contributed by atoms with Crippen LogP contribution < -0.4 is 10.2 Å². The van der Waals surface area contributed by atoms with Crippen molar-refractivity contribution in [1.29, 1.82) is 0 Å². The minimum atomic E-state index is -0.208. The van der Waals surface area contributed by atoms with Crippen LogP contribution in [-0.4, -0.2) is 61.3 Å². The van der Waals surface area contributed by atoms with Gasteiger partial charge in [-0.2, -0.15) is 0 Å². The number of anilines is 2. The molecule has 2 aliphatic rings. The minimum Gasteiger partial charge on any atom is -0.378 e. The zero-order valence-corrected chi connectivity index (χ0v) is 15.2. The largest absolute Gasteiger partial charge is 0.378 e. The molecule has 4 rings (SSSR count). The predicted molar refractivity (Wildman–Crippen MR) is 98.7 cm³/mol. The topological polar surface area (TPSA) is 87.9 Å². The number of nitrogens with one attached hydrogen (secondary N) is 1. The minimum absolute atomic E-state index is 0.0745. The number of nitrogens with zero attached hydrogens (tertiary/aromatic N) is 3. The van der Waals surface area contributed by atoms with Crippen LogP contribution in [-0.2, 0) is 9.53 Å². The van der Waals surface area contributed by atoms with Gasteiger partial charge in [0, 0.05) is 43.6 Å². The molecule has 142 valence electrons. The van der Waals surface area contributed by atoms with Gasteiger partial charge in [0.1, 0.15) is 5.76 Å². The number of aryl methyl sites for hydroxylation is 1. The van der Waals surface area contributed by atoms with E-state index < -0.39 is 0 Å². The van der Waals surface area contributed by atoms with Crippen molar-refractivity contribution in [2.75, 3.05) is 49.6 Å². The summed E-state index contributed by atoms with van der Waals surface area (Å²) in [6.07, 6.45) is 0. The molecule has 3 heterocycles. The molecule has 2 amide bonds. The zero-order valence-electron chi connectivity index (χ0n) is 15.2. The maximum atomic E-state index is 12.4. The van der Waals surface area contributed by atoms with Gasteiger partial charge >= 0.3 is 0 Å². The average Bonchev–Trinajstić information content (AvgIpc) is 3.08. The van der Waals surface area contributed by atoms with Crippen molar-refractivity contribution < 1.29 is 18.8 Å². The molecule has 2 aromatic rings. The van der Waals surface area contributed by atoms with E-state index in [9.17, 15) is 9.59 Å². The summed E-state index contributed by atoms with van der Waals surface area (Å²) in [6, 6.07) is 9.42. The number of likely N-dealkylation sites (tertiary alicyclic amines) is 1. The number of hydrogen-bond acceptors (Lipinski definition) is 6. The molecule has 0 unspecified atom stereocenters. The summed E-state index contributed by atoms with van der Waals surface area (Å²) in [7, 11) is 0. The summed E-state index contributed by atoms with van der Waals surface area (Å²) in [5, 5.41) is 6.65. The van der Waals surface area contributed by atoms with E-state index in [-0.39, 0.29) is 23.4 Å². The number of ether oxygens (including phenoxy) is 1. The van der Waals surface area contributed by atoms with Crippen LogP contribution in [0.1, 0.15) is 16.2 Å². The molecule has 0 atom stereocenters. The van der Waals surface area contributed by atoms with Crippen molar-refractivity contribution in [3.8, 4) is 0 Å². The van der Waals surface area contributed by atoms with Crippen molar-refractivity contribution in [3.05, 3.63) is 41.8 Å². The molecule has 2 fully saturated rings. The van der Waals surface area contributed by atoms with Crippen LogP contribution in [0.5, 0.6) is 0 Å². The third kappa shape index (κ3) is 3.80. The highest BCUT2D eigenvalue weighted by molar-refractivity contribution is 5.97. The highest BCUT2D eigenvalue weighted by atomic mass is 16.5. The monoisotopic (exact) mass is 370 g/mol. The van der Waals surface area contributed by atoms with Crippen LogP contribution in [0.25, 0.3) is 0 Å². The average molecular weight is 370 g/mol. The molecule has 0 saturated carbocycles. The summed E-state index contributed by atoms with van der Waals surface area (Å²) >= 11 is 0. The third-order valence-electron chi connectivity index (χ3n) is 4.90. The van der Waals surface area contributed by atoms with Gasteiger partial charge in [0.15, 0.2) is 5.69 Å². The Bertz CT molecular complexity index is 820. The lowest BCUT2D eigenvalue weighted by molar-refractivity contribution is -0.123. The van der Waals surface area contributed by atoms with E-state index >= 15 is 0 Å². The fourth-order valence-corrected chi connectivity index (χ4v) is 3.26. The van der Waals surface area contributed by atoms with E-state index in [2.05, 4.69) is 15.4 Å². The first-order valence-corrected chi connectivity index (χ1v) is 9.06. The Morgan fingerprint density at radius 3 is 2.48 bits per heavy atom. The number of carbonyl (C=O) groups is 2. The first-order chi connectivity index (χ1) is 13.1. The molecular weight excluding hydrogens is 348 g/mol. The van der Waals surface area contributed by atoms with Gasteiger partial charge in [-0.25, -0.2) is 0 Å².